The van der Waals surface area contributed by atoms with E-state index >= 15 is 0 Å². The highest BCUT2D eigenvalue weighted by molar-refractivity contribution is 7.92. The SMILES string of the molecule is CCS(=O)(=O)Nc1ccc(NC(=O)C(C(C)C)N2C(=O)c3ccccc3C2=O)cc1OC. The van der Waals surface area contributed by atoms with E-state index in [-0.39, 0.29) is 34.2 Å². The molecule has 0 saturated heterocycles. The molecule has 0 bridgehead atoms. The van der Waals surface area contributed by atoms with Crippen LogP contribution in [0.1, 0.15) is 41.5 Å². The van der Waals surface area contributed by atoms with Crippen LogP contribution in [0, 0.1) is 5.92 Å². The first kappa shape index (κ1) is 23.3. The molecule has 0 aliphatic carbocycles. The Morgan fingerprint density at radius 2 is 1.66 bits per heavy atom. The number of sulfonamides is 1. The van der Waals surface area contributed by atoms with Crippen LogP contribution in [-0.4, -0.2) is 49.9 Å². The van der Waals surface area contributed by atoms with Gasteiger partial charge in [-0.3, -0.25) is 24.0 Å². The first-order valence-corrected chi connectivity index (χ1v) is 11.7. The van der Waals surface area contributed by atoms with Crippen LogP contribution in [0.25, 0.3) is 0 Å². The maximum atomic E-state index is 13.1. The molecule has 2 N–H and O–H groups in total. The summed E-state index contributed by atoms with van der Waals surface area (Å²) in [5.74, 6) is -1.82. The molecule has 3 amide bonds. The van der Waals surface area contributed by atoms with E-state index in [2.05, 4.69) is 10.0 Å². The zero-order chi connectivity index (χ0) is 23.6. The highest BCUT2D eigenvalue weighted by Gasteiger charge is 2.43. The Labute approximate surface area is 186 Å². The molecule has 0 aromatic heterocycles. The van der Waals surface area contributed by atoms with E-state index in [1.54, 1.807) is 38.1 Å². The summed E-state index contributed by atoms with van der Waals surface area (Å²) in [5, 5.41) is 2.70. The van der Waals surface area contributed by atoms with Gasteiger partial charge in [-0.15, -0.1) is 0 Å². The number of anilines is 2. The zero-order valence-electron chi connectivity index (χ0n) is 18.2. The highest BCUT2D eigenvalue weighted by Crippen LogP contribution is 2.31. The molecule has 0 radical (unpaired) electrons. The second kappa shape index (κ2) is 8.99. The molecule has 1 heterocycles. The van der Waals surface area contributed by atoms with Gasteiger partial charge in [-0.05, 0) is 37.1 Å². The third kappa shape index (κ3) is 4.45. The molecule has 0 fully saturated rings. The number of nitrogens with zero attached hydrogens (tertiary/aromatic N) is 1. The van der Waals surface area contributed by atoms with Crippen molar-refractivity contribution in [2.24, 2.45) is 5.92 Å². The van der Waals surface area contributed by atoms with Crippen molar-refractivity contribution in [3.05, 3.63) is 53.6 Å². The van der Waals surface area contributed by atoms with Crippen molar-refractivity contribution in [3.63, 3.8) is 0 Å². The number of hydrogen-bond donors (Lipinski definition) is 2. The van der Waals surface area contributed by atoms with Crippen molar-refractivity contribution < 1.29 is 27.5 Å². The maximum absolute atomic E-state index is 13.1. The number of fused-ring (bicyclic) bond motifs is 1. The summed E-state index contributed by atoms with van der Waals surface area (Å²) in [5.41, 5.74) is 1.09. The third-order valence-corrected chi connectivity index (χ3v) is 6.41. The van der Waals surface area contributed by atoms with Gasteiger partial charge >= 0.3 is 0 Å². The fourth-order valence-electron chi connectivity index (χ4n) is 3.49. The number of methoxy groups -OCH3 is 1. The topological polar surface area (TPSA) is 122 Å². The monoisotopic (exact) mass is 459 g/mol. The molecule has 0 saturated carbocycles. The van der Waals surface area contributed by atoms with Crippen molar-refractivity contribution in [2.75, 3.05) is 22.9 Å². The van der Waals surface area contributed by atoms with Crippen LogP contribution in [0.2, 0.25) is 0 Å². The summed E-state index contributed by atoms with van der Waals surface area (Å²) < 4.78 is 31.4. The number of benzene rings is 2. The lowest BCUT2D eigenvalue weighted by molar-refractivity contribution is -0.121. The van der Waals surface area contributed by atoms with Crippen molar-refractivity contribution in [3.8, 4) is 5.75 Å². The molecule has 170 valence electrons. The first-order chi connectivity index (χ1) is 15.1. The van der Waals surface area contributed by atoms with Gasteiger partial charge in [0.1, 0.15) is 11.8 Å². The Hall–Kier alpha value is -3.40. The Morgan fingerprint density at radius 1 is 1.06 bits per heavy atom. The standard InChI is InChI=1S/C22H25N3O6S/c1-5-32(29,30)24-17-11-10-14(12-18(17)31-4)23-20(26)19(13(2)3)25-21(27)15-8-6-7-9-16(15)22(25)28/h6-13,19,24H,5H2,1-4H3,(H,23,26). The van der Waals surface area contributed by atoms with Gasteiger partial charge in [-0.2, -0.15) is 0 Å². The lowest BCUT2D eigenvalue weighted by Gasteiger charge is -2.28. The molecule has 2 aromatic carbocycles. The van der Waals surface area contributed by atoms with Gasteiger partial charge in [0.15, 0.2) is 0 Å². The average Bonchev–Trinajstić information content (AvgIpc) is 3.00. The normalized spacial score (nSPS) is 14.3. The predicted octanol–water partition coefficient (Wildman–Crippen LogP) is 2.72. The molecule has 32 heavy (non-hydrogen) atoms. The number of imide groups is 1. The first-order valence-electron chi connectivity index (χ1n) is 10.1. The quantitative estimate of drug-likeness (QED) is 0.586. The van der Waals surface area contributed by atoms with Crippen LogP contribution in [0.5, 0.6) is 5.75 Å². The smallest absolute Gasteiger partial charge is 0.262 e. The summed E-state index contributed by atoms with van der Waals surface area (Å²) in [7, 11) is -2.14. The summed E-state index contributed by atoms with van der Waals surface area (Å²) in [6, 6.07) is 9.86. The number of carbonyl (C=O) groups excluding carboxylic acids is 3. The lowest BCUT2D eigenvalue weighted by atomic mass is 10.0. The van der Waals surface area contributed by atoms with Gasteiger partial charge in [-0.1, -0.05) is 26.0 Å². The molecule has 10 heteroatoms. The lowest BCUT2D eigenvalue weighted by Crippen LogP contribution is -2.50. The van der Waals surface area contributed by atoms with Gasteiger partial charge in [0.25, 0.3) is 11.8 Å². The van der Waals surface area contributed by atoms with Crippen LogP contribution in [0.15, 0.2) is 42.5 Å². The largest absolute Gasteiger partial charge is 0.494 e. The number of hydrogen-bond acceptors (Lipinski definition) is 6. The minimum Gasteiger partial charge on any atom is -0.494 e. The van der Waals surface area contributed by atoms with E-state index in [9.17, 15) is 22.8 Å². The fourth-order valence-corrected chi connectivity index (χ4v) is 4.14. The fraction of sp³-hybridized carbons (Fsp3) is 0.318. The molecule has 3 rings (SSSR count). The van der Waals surface area contributed by atoms with Gasteiger partial charge in [0.2, 0.25) is 15.9 Å². The number of ether oxygens (including phenoxy) is 1. The van der Waals surface area contributed by atoms with Gasteiger partial charge in [-0.25, -0.2) is 8.42 Å². The number of carbonyl (C=O) groups is 3. The minimum absolute atomic E-state index is 0.106. The van der Waals surface area contributed by atoms with Crippen LogP contribution in [0.4, 0.5) is 11.4 Å². The molecule has 1 atom stereocenters. The molecule has 2 aromatic rings. The van der Waals surface area contributed by atoms with E-state index in [0.29, 0.717) is 5.69 Å². The Balaban J connectivity index is 1.86. The van der Waals surface area contributed by atoms with Crippen LogP contribution < -0.4 is 14.8 Å². The van der Waals surface area contributed by atoms with Crippen molar-refractivity contribution in [2.45, 2.75) is 26.8 Å². The molecule has 9 nitrogen and oxygen atoms in total. The summed E-state index contributed by atoms with van der Waals surface area (Å²) in [4.78, 5) is 39.8. The predicted molar refractivity (Wildman–Crippen MR) is 120 cm³/mol. The third-order valence-electron chi connectivity index (χ3n) is 5.12. The summed E-state index contributed by atoms with van der Waals surface area (Å²) in [6.07, 6.45) is 0. The number of amides is 3. The van der Waals surface area contributed by atoms with E-state index < -0.39 is 33.8 Å². The Morgan fingerprint density at radius 3 is 2.16 bits per heavy atom. The molecule has 1 aliphatic rings. The number of nitrogens with one attached hydrogen (secondary N) is 2. The van der Waals surface area contributed by atoms with Crippen LogP contribution in [-0.2, 0) is 14.8 Å². The zero-order valence-corrected chi connectivity index (χ0v) is 19.0. The van der Waals surface area contributed by atoms with Crippen LogP contribution in [0.3, 0.4) is 0 Å². The van der Waals surface area contributed by atoms with Crippen LogP contribution >= 0.6 is 0 Å². The molecule has 1 unspecified atom stereocenters. The van der Waals surface area contributed by atoms with E-state index in [0.717, 1.165) is 4.90 Å². The second-order valence-corrected chi connectivity index (χ2v) is 9.64. The molecule has 1 aliphatic heterocycles. The Kier molecular flexibility index (Phi) is 6.54. The van der Waals surface area contributed by atoms with E-state index in [1.807, 2.05) is 0 Å². The average molecular weight is 460 g/mol. The second-order valence-electron chi connectivity index (χ2n) is 7.62. The molecule has 0 spiro atoms. The van der Waals surface area contributed by atoms with Gasteiger partial charge in [0.05, 0.1) is 29.7 Å². The molecular weight excluding hydrogens is 434 g/mol. The molecular formula is C22H25N3O6S. The van der Waals surface area contributed by atoms with Gasteiger partial charge < -0.3 is 10.1 Å². The summed E-state index contributed by atoms with van der Waals surface area (Å²) in [6.45, 7) is 5.00. The van der Waals surface area contributed by atoms with Gasteiger partial charge in [0, 0.05) is 11.8 Å². The Bertz CT molecular complexity index is 1140. The van der Waals surface area contributed by atoms with E-state index in [1.165, 1.54) is 32.2 Å². The van der Waals surface area contributed by atoms with E-state index in [4.69, 9.17) is 4.74 Å². The maximum Gasteiger partial charge on any atom is 0.262 e. The van der Waals surface area contributed by atoms with Crippen molar-refractivity contribution in [1.29, 1.82) is 0 Å². The summed E-state index contributed by atoms with van der Waals surface area (Å²) >= 11 is 0. The minimum atomic E-state index is -3.51. The van der Waals surface area contributed by atoms with Crippen molar-refractivity contribution >= 4 is 39.1 Å². The number of rotatable bonds is 8. The highest BCUT2D eigenvalue weighted by atomic mass is 32.2. The van der Waals surface area contributed by atoms with Crippen molar-refractivity contribution in [1.82, 2.24) is 4.90 Å².